The van der Waals surface area contributed by atoms with Gasteiger partial charge in [0.05, 0.1) is 13.0 Å². The lowest BCUT2D eigenvalue weighted by molar-refractivity contribution is -0.126. The van der Waals surface area contributed by atoms with Gasteiger partial charge in [0.25, 0.3) is 0 Å². The highest BCUT2D eigenvalue weighted by atomic mass is 16.5. The fraction of sp³-hybridized carbons (Fsp3) is 0.231. The molecule has 1 N–H and O–H groups in total. The Hall–Kier alpha value is -3.44. The third-order valence-corrected chi connectivity index (χ3v) is 6.73. The van der Waals surface area contributed by atoms with Crippen LogP contribution in [0.25, 0.3) is 0 Å². The van der Waals surface area contributed by atoms with Crippen LogP contribution in [0.15, 0.2) is 78.9 Å². The van der Waals surface area contributed by atoms with Gasteiger partial charge in [-0.1, -0.05) is 60.7 Å². The Morgan fingerprint density at radius 3 is 2.39 bits per heavy atom. The fourth-order valence-electron chi connectivity index (χ4n) is 5.33. The molecule has 5 nitrogen and oxygen atoms in total. The Kier molecular flexibility index (Phi) is 4.63. The van der Waals surface area contributed by atoms with Crippen LogP contribution in [0.4, 0.5) is 5.69 Å². The number of nitrogens with zero attached hydrogens (tertiary/aromatic N) is 1. The lowest BCUT2D eigenvalue weighted by Crippen LogP contribution is -2.51. The zero-order chi connectivity index (χ0) is 21.6. The molecule has 0 aliphatic carbocycles. The number of fused-ring (bicyclic) bond motifs is 2. The summed E-state index contributed by atoms with van der Waals surface area (Å²) >= 11 is 0. The van der Waals surface area contributed by atoms with Crippen molar-refractivity contribution >= 4 is 17.4 Å². The number of carbonyl (C=O) groups excluding carboxylic acids is 2. The molecule has 1 saturated heterocycles. The van der Waals surface area contributed by atoms with Gasteiger partial charge in [0, 0.05) is 29.3 Å². The van der Waals surface area contributed by atoms with Gasteiger partial charge in [-0.15, -0.1) is 0 Å². The third-order valence-electron chi connectivity index (χ3n) is 6.73. The van der Waals surface area contributed by atoms with Crippen LogP contribution in [0.2, 0.25) is 0 Å². The summed E-state index contributed by atoms with van der Waals surface area (Å²) in [7, 11) is 3.54. The molecule has 0 saturated carbocycles. The molecule has 0 unspecified atom stereocenters. The van der Waals surface area contributed by atoms with Crippen molar-refractivity contribution in [2.75, 3.05) is 26.0 Å². The Morgan fingerprint density at radius 2 is 1.71 bits per heavy atom. The summed E-state index contributed by atoms with van der Waals surface area (Å²) in [6.07, 6.45) is 0. The minimum atomic E-state index is -1.10. The maximum absolute atomic E-state index is 14.0. The summed E-state index contributed by atoms with van der Waals surface area (Å²) in [4.78, 5) is 29.7. The normalized spacial score (nSPS) is 24.8. The molecule has 156 valence electrons. The molecule has 3 aromatic carbocycles. The zero-order valence-electron chi connectivity index (χ0n) is 17.5. The number of anilines is 1. The highest BCUT2D eigenvalue weighted by molar-refractivity contribution is 6.12. The van der Waals surface area contributed by atoms with Gasteiger partial charge < -0.3 is 10.1 Å². The number of methoxy groups -OCH3 is 1. The molecule has 2 heterocycles. The van der Waals surface area contributed by atoms with Crippen molar-refractivity contribution in [1.82, 2.24) is 4.90 Å². The standard InChI is InChI=1S/C26H24N2O3/c1-28-16-20(17-9-5-3-6-10-17)23(24(29)18-11-7-4-8-12-18)26(28)21-15-19(31-2)13-14-22(21)27-25(26)30/h3-15,20,23H,16H2,1-2H3,(H,27,30)/t20-,23-,26-/m1/s1. The molecule has 1 spiro atoms. The molecular weight excluding hydrogens is 388 g/mol. The quantitative estimate of drug-likeness (QED) is 0.657. The minimum absolute atomic E-state index is 0.0235. The molecule has 3 aromatic rings. The van der Waals surface area contributed by atoms with Crippen LogP contribution >= 0.6 is 0 Å². The van der Waals surface area contributed by atoms with Gasteiger partial charge in [0.1, 0.15) is 11.3 Å². The Labute approximate surface area is 181 Å². The van der Waals surface area contributed by atoms with E-state index in [1.807, 2.05) is 90.8 Å². The predicted molar refractivity (Wildman–Crippen MR) is 119 cm³/mol. The van der Waals surface area contributed by atoms with Crippen molar-refractivity contribution in [3.63, 3.8) is 0 Å². The van der Waals surface area contributed by atoms with E-state index in [2.05, 4.69) is 5.32 Å². The Bertz CT molecular complexity index is 1150. The summed E-state index contributed by atoms with van der Waals surface area (Å²) in [5.41, 5.74) is 2.11. The van der Waals surface area contributed by atoms with Crippen LogP contribution in [0.5, 0.6) is 5.75 Å². The van der Waals surface area contributed by atoms with Gasteiger partial charge in [-0.25, -0.2) is 0 Å². The molecule has 2 aliphatic heterocycles. The van der Waals surface area contributed by atoms with Crippen molar-refractivity contribution in [3.8, 4) is 5.75 Å². The predicted octanol–water partition coefficient (Wildman–Crippen LogP) is 4.07. The van der Waals surface area contributed by atoms with Gasteiger partial charge >= 0.3 is 0 Å². The largest absolute Gasteiger partial charge is 0.497 e. The number of hydrogen-bond acceptors (Lipinski definition) is 4. The first kappa shape index (κ1) is 19.5. The molecule has 31 heavy (non-hydrogen) atoms. The summed E-state index contributed by atoms with van der Waals surface area (Å²) < 4.78 is 5.46. The lowest BCUT2D eigenvalue weighted by atomic mass is 9.70. The number of likely N-dealkylation sites (N-methyl/N-ethyl adjacent to an activating group) is 1. The van der Waals surface area contributed by atoms with Gasteiger partial charge in [0.15, 0.2) is 5.78 Å². The molecular formula is C26H24N2O3. The number of benzene rings is 3. The van der Waals surface area contributed by atoms with E-state index < -0.39 is 11.5 Å². The third kappa shape index (κ3) is 2.81. The second kappa shape index (κ2) is 7.36. The molecule has 0 aromatic heterocycles. The number of ether oxygens (including phenoxy) is 1. The van der Waals surface area contributed by atoms with Crippen LogP contribution in [0, 0.1) is 5.92 Å². The highest BCUT2D eigenvalue weighted by Gasteiger charge is 2.64. The van der Waals surface area contributed by atoms with E-state index in [4.69, 9.17) is 4.74 Å². The second-order valence-corrected chi connectivity index (χ2v) is 8.24. The molecule has 0 bridgehead atoms. The Balaban J connectivity index is 1.74. The molecule has 5 rings (SSSR count). The minimum Gasteiger partial charge on any atom is -0.497 e. The van der Waals surface area contributed by atoms with Crippen LogP contribution in [0.3, 0.4) is 0 Å². The number of amides is 1. The van der Waals surface area contributed by atoms with E-state index in [0.717, 1.165) is 16.8 Å². The van der Waals surface area contributed by atoms with Crippen molar-refractivity contribution in [2.24, 2.45) is 5.92 Å². The molecule has 5 heteroatoms. The first-order chi connectivity index (χ1) is 15.1. The smallest absolute Gasteiger partial charge is 0.250 e. The maximum atomic E-state index is 14.0. The number of rotatable bonds is 4. The SMILES string of the molecule is COc1ccc2c(c1)[C@]1(C(=O)N2)[C@@H](C(=O)c2ccccc2)[C@@H](c2ccccc2)CN1C. The van der Waals surface area contributed by atoms with E-state index in [-0.39, 0.29) is 17.6 Å². The topological polar surface area (TPSA) is 58.6 Å². The summed E-state index contributed by atoms with van der Waals surface area (Å²) in [6.45, 7) is 0.595. The molecule has 1 fully saturated rings. The number of ketones is 1. The van der Waals surface area contributed by atoms with Gasteiger partial charge in [-0.2, -0.15) is 0 Å². The fourth-order valence-corrected chi connectivity index (χ4v) is 5.33. The summed E-state index contributed by atoms with van der Waals surface area (Å²) in [6, 6.07) is 24.9. The zero-order valence-corrected chi connectivity index (χ0v) is 17.5. The van der Waals surface area contributed by atoms with Gasteiger partial charge in [-0.3, -0.25) is 14.5 Å². The molecule has 3 atom stereocenters. The molecule has 1 amide bonds. The number of likely N-dealkylation sites (tertiary alicyclic amines) is 1. The van der Waals surface area contributed by atoms with Crippen molar-refractivity contribution < 1.29 is 14.3 Å². The van der Waals surface area contributed by atoms with E-state index in [9.17, 15) is 9.59 Å². The average Bonchev–Trinajstić information content (AvgIpc) is 3.29. The van der Waals surface area contributed by atoms with Gasteiger partial charge in [0.2, 0.25) is 5.91 Å². The first-order valence-electron chi connectivity index (χ1n) is 10.4. The average molecular weight is 412 g/mol. The number of hydrogen-bond donors (Lipinski definition) is 1. The molecule has 0 radical (unpaired) electrons. The van der Waals surface area contributed by atoms with Crippen LogP contribution in [-0.2, 0) is 10.3 Å². The van der Waals surface area contributed by atoms with E-state index in [0.29, 0.717) is 17.9 Å². The second-order valence-electron chi connectivity index (χ2n) is 8.24. The van der Waals surface area contributed by atoms with Crippen LogP contribution in [-0.4, -0.2) is 37.3 Å². The maximum Gasteiger partial charge on any atom is 0.250 e. The highest BCUT2D eigenvalue weighted by Crippen LogP contribution is 2.56. The van der Waals surface area contributed by atoms with Crippen LogP contribution < -0.4 is 10.1 Å². The van der Waals surface area contributed by atoms with E-state index in [1.165, 1.54) is 0 Å². The number of Topliss-reactive ketones (excluding diaryl/α,β-unsaturated/α-hetero) is 1. The van der Waals surface area contributed by atoms with Crippen molar-refractivity contribution in [1.29, 1.82) is 0 Å². The number of carbonyl (C=O) groups is 2. The van der Waals surface area contributed by atoms with Gasteiger partial charge in [-0.05, 0) is 30.8 Å². The van der Waals surface area contributed by atoms with Crippen LogP contribution in [0.1, 0.15) is 27.4 Å². The lowest BCUT2D eigenvalue weighted by Gasteiger charge is -2.35. The van der Waals surface area contributed by atoms with E-state index >= 15 is 0 Å². The summed E-state index contributed by atoms with van der Waals surface area (Å²) in [5, 5.41) is 3.03. The summed E-state index contributed by atoms with van der Waals surface area (Å²) in [5.74, 6) is -0.217. The van der Waals surface area contributed by atoms with E-state index in [1.54, 1.807) is 7.11 Å². The van der Waals surface area contributed by atoms with Crippen molar-refractivity contribution in [2.45, 2.75) is 11.5 Å². The molecule has 2 aliphatic rings. The monoisotopic (exact) mass is 412 g/mol. The Morgan fingerprint density at radius 1 is 1.03 bits per heavy atom. The van der Waals surface area contributed by atoms with Crippen molar-refractivity contribution in [3.05, 3.63) is 95.6 Å². The number of nitrogens with one attached hydrogen (secondary N) is 1. The first-order valence-corrected chi connectivity index (χ1v) is 10.4.